The van der Waals surface area contributed by atoms with Crippen LogP contribution in [0.25, 0.3) is 0 Å². The molecule has 0 aliphatic rings. The lowest BCUT2D eigenvalue weighted by Crippen LogP contribution is -2.12. The highest BCUT2D eigenvalue weighted by Crippen LogP contribution is 2.25. The van der Waals surface area contributed by atoms with Crippen molar-refractivity contribution in [1.82, 2.24) is 0 Å². The molecule has 46 heavy (non-hydrogen) atoms. The summed E-state index contributed by atoms with van der Waals surface area (Å²) in [6.07, 6.45) is 14.3. The zero-order valence-corrected chi connectivity index (χ0v) is 27.4. The van der Waals surface area contributed by atoms with Crippen molar-refractivity contribution in [2.75, 3.05) is 6.61 Å². The monoisotopic (exact) mass is 636 g/mol. The largest absolute Gasteiger partial charge is 0.490 e. The third-order valence-corrected chi connectivity index (χ3v) is 7.66. The Kier molecular flexibility index (Phi) is 16.1. The molecule has 4 nitrogen and oxygen atoms in total. The van der Waals surface area contributed by atoms with Gasteiger partial charge in [-0.3, -0.25) is 0 Å². The fourth-order valence-electron chi connectivity index (χ4n) is 4.94. The molecule has 3 aromatic rings. The van der Waals surface area contributed by atoms with Crippen LogP contribution in [0, 0.1) is 29.3 Å². The molecule has 0 heterocycles. The Morgan fingerprint density at radius 2 is 1.28 bits per heavy atom. The van der Waals surface area contributed by atoms with Crippen molar-refractivity contribution in [3.63, 3.8) is 0 Å². The first-order chi connectivity index (χ1) is 22.3. The van der Waals surface area contributed by atoms with Crippen LogP contribution in [0.2, 0.25) is 0 Å². The Balaban J connectivity index is 1.48. The summed E-state index contributed by atoms with van der Waals surface area (Å²) in [5, 5.41) is 0. The van der Waals surface area contributed by atoms with Crippen molar-refractivity contribution >= 4 is 5.97 Å². The molecule has 0 aliphatic carbocycles. The molecule has 0 N–H and O–H groups in total. The maximum Gasteiger partial charge on any atom is 0.346 e. The van der Waals surface area contributed by atoms with Gasteiger partial charge in [-0.15, -0.1) is 0 Å². The SMILES string of the molecule is CCCCCCCCCCOc1ccc(C(=O)Oc2ccc(C#Cc3ccc(O[C@@H](C)CCCCCC)c(F)c3)cc2)c(F)c1F. The molecule has 0 fully saturated rings. The van der Waals surface area contributed by atoms with Crippen molar-refractivity contribution < 1.29 is 32.2 Å². The van der Waals surface area contributed by atoms with Gasteiger partial charge in [0.1, 0.15) is 5.75 Å². The number of hydrogen-bond acceptors (Lipinski definition) is 4. The summed E-state index contributed by atoms with van der Waals surface area (Å²) in [6.45, 7) is 6.57. The van der Waals surface area contributed by atoms with E-state index in [4.69, 9.17) is 14.2 Å². The molecule has 0 saturated heterocycles. The molecule has 0 spiro atoms. The van der Waals surface area contributed by atoms with Crippen LogP contribution in [0.5, 0.6) is 17.2 Å². The number of unbranched alkanes of at least 4 members (excludes halogenated alkanes) is 10. The number of hydrogen-bond donors (Lipinski definition) is 0. The van der Waals surface area contributed by atoms with Gasteiger partial charge in [0.2, 0.25) is 5.82 Å². The van der Waals surface area contributed by atoms with Gasteiger partial charge >= 0.3 is 5.97 Å². The lowest BCUT2D eigenvalue weighted by Gasteiger charge is -2.15. The van der Waals surface area contributed by atoms with Crippen LogP contribution in [-0.2, 0) is 0 Å². The lowest BCUT2D eigenvalue weighted by atomic mass is 10.1. The summed E-state index contributed by atoms with van der Waals surface area (Å²) in [6, 6.07) is 13.2. The Morgan fingerprint density at radius 3 is 1.96 bits per heavy atom. The maximum atomic E-state index is 14.7. The minimum absolute atomic E-state index is 0.0748. The Labute approximate surface area is 272 Å². The van der Waals surface area contributed by atoms with Gasteiger partial charge in [0.15, 0.2) is 23.1 Å². The van der Waals surface area contributed by atoms with Crippen LogP contribution in [0.3, 0.4) is 0 Å². The van der Waals surface area contributed by atoms with Gasteiger partial charge in [0.05, 0.1) is 18.3 Å². The van der Waals surface area contributed by atoms with Gasteiger partial charge in [-0.1, -0.05) is 89.9 Å². The van der Waals surface area contributed by atoms with E-state index < -0.39 is 29.0 Å². The highest BCUT2D eigenvalue weighted by atomic mass is 19.2. The van der Waals surface area contributed by atoms with Crippen LogP contribution in [-0.4, -0.2) is 18.7 Å². The summed E-state index contributed by atoms with van der Waals surface area (Å²) in [5.74, 6) is 1.94. The first-order valence-electron chi connectivity index (χ1n) is 16.7. The molecule has 0 saturated carbocycles. The molecule has 1 atom stereocenters. The summed E-state index contributed by atoms with van der Waals surface area (Å²) >= 11 is 0. The number of benzene rings is 3. The van der Waals surface area contributed by atoms with Crippen LogP contribution in [0.15, 0.2) is 54.6 Å². The lowest BCUT2D eigenvalue weighted by molar-refractivity contribution is 0.0728. The zero-order valence-electron chi connectivity index (χ0n) is 27.4. The molecule has 0 aromatic heterocycles. The summed E-state index contributed by atoms with van der Waals surface area (Å²) in [5.41, 5.74) is 0.552. The minimum Gasteiger partial charge on any atom is -0.490 e. The molecule has 3 rings (SSSR count). The Bertz CT molecular complexity index is 1430. The van der Waals surface area contributed by atoms with Crippen molar-refractivity contribution in [2.45, 2.75) is 110 Å². The Hall–Kier alpha value is -3.92. The molecule has 0 radical (unpaired) electrons. The van der Waals surface area contributed by atoms with Crippen molar-refractivity contribution in [1.29, 1.82) is 0 Å². The smallest absolute Gasteiger partial charge is 0.346 e. The van der Waals surface area contributed by atoms with E-state index in [0.717, 1.165) is 44.6 Å². The highest BCUT2D eigenvalue weighted by molar-refractivity contribution is 5.91. The molecule has 3 aromatic carbocycles. The number of rotatable bonds is 19. The average molecular weight is 637 g/mol. The molecule has 0 amide bonds. The minimum atomic E-state index is -1.31. The van der Waals surface area contributed by atoms with E-state index in [2.05, 4.69) is 25.7 Å². The van der Waals surface area contributed by atoms with Crippen molar-refractivity contribution in [2.24, 2.45) is 0 Å². The maximum absolute atomic E-state index is 14.7. The van der Waals surface area contributed by atoms with E-state index in [1.807, 2.05) is 6.92 Å². The second kappa shape index (κ2) is 20.3. The van der Waals surface area contributed by atoms with Gasteiger partial charge in [-0.25, -0.2) is 13.6 Å². The predicted molar refractivity (Wildman–Crippen MR) is 177 cm³/mol. The fraction of sp³-hybridized carbons (Fsp3) is 0.462. The van der Waals surface area contributed by atoms with E-state index in [-0.39, 0.29) is 30.0 Å². The zero-order chi connectivity index (χ0) is 33.1. The number of carbonyl (C=O) groups excluding carboxylic acids is 1. The molecule has 248 valence electrons. The first kappa shape index (κ1) is 36.5. The molecular weight excluding hydrogens is 589 g/mol. The summed E-state index contributed by atoms with van der Waals surface area (Å²) in [4.78, 5) is 12.6. The van der Waals surface area contributed by atoms with Crippen LogP contribution in [0.1, 0.15) is 126 Å². The van der Waals surface area contributed by atoms with E-state index in [1.165, 1.54) is 69.2 Å². The third kappa shape index (κ3) is 12.5. The standard InChI is InChI=1S/C39H47F3O4/c1-4-6-8-10-11-12-13-15-27-44-36-26-24-33(37(41)38(36)42)39(43)46-32-22-19-30(20-23-32)17-18-31-21-25-35(34(40)28-31)45-29(3)16-14-9-7-5-2/h19-26,28-29H,4-16,27H2,1-3H3/t29-/m0/s1. The number of carbonyl (C=O) groups is 1. The van der Waals surface area contributed by atoms with E-state index in [1.54, 1.807) is 24.3 Å². The van der Waals surface area contributed by atoms with Crippen molar-refractivity contribution in [3.8, 4) is 29.1 Å². The summed E-state index contributed by atoms with van der Waals surface area (Å²) in [7, 11) is 0. The topological polar surface area (TPSA) is 44.8 Å². The second-order valence-electron chi connectivity index (χ2n) is 11.6. The van der Waals surface area contributed by atoms with Gasteiger partial charge in [-0.05, 0) is 80.8 Å². The number of esters is 1. The van der Waals surface area contributed by atoms with Gasteiger partial charge in [0.25, 0.3) is 0 Å². The van der Waals surface area contributed by atoms with Gasteiger partial charge in [-0.2, -0.15) is 4.39 Å². The third-order valence-electron chi connectivity index (χ3n) is 7.66. The molecule has 0 unspecified atom stereocenters. The predicted octanol–water partition coefficient (Wildman–Crippen LogP) is 11.0. The highest BCUT2D eigenvalue weighted by Gasteiger charge is 2.21. The number of halogens is 3. The van der Waals surface area contributed by atoms with Crippen LogP contribution < -0.4 is 14.2 Å². The molecule has 7 heteroatoms. The second-order valence-corrected chi connectivity index (χ2v) is 11.6. The summed E-state index contributed by atoms with van der Waals surface area (Å²) < 4.78 is 60.4. The fourth-order valence-corrected chi connectivity index (χ4v) is 4.94. The van der Waals surface area contributed by atoms with Crippen molar-refractivity contribution in [3.05, 3.63) is 88.7 Å². The molecule has 0 aliphatic heterocycles. The van der Waals surface area contributed by atoms with E-state index in [0.29, 0.717) is 11.1 Å². The van der Waals surface area contributed by atoms with E-state index in [9.17, 15) is 18.0 Å². The van der Waals surface area contributed by atoms with Crippen LogP contribution in [0.4, 0.5) is 13.2 Å². The quantitative estimate of drug-likeness (QED) is 0.0568. The average Bonchev–Trinajstić information content (AvgIpc) is 3.05. The van der Waals surface area contributed by atoms with Gasteiger partial charge < -0.3 is 14.2 Å². The molecular formula is C39H47F3O4. The normalized spacial score (nSPS) is 11.4. The number of ether oxygens (including phenoxy) is 3. The molecule has 0 bridgehead atoms. The first-order valence-corrected chi connectivity index (χ1v) is 16.7. The van der Waals surface area contributed by atoms with E-state index >= 15 is 0 Å². The van der Waals surface area contributed by atoms with Crippen LogP contribution >= 0.6 is 0 Å². The van der Waals surface area contributed by atoms with Gasteiger partial charge in [0, 0.05) is 11.1 Å². The Morgan fingerprint density at radius 1 is 0.696 bits per heavy atom.